The minimum atomic E-state index is -4.17. The Balaban J connectivity index is 0. The van der Waals surface area contributed by atoms with Crippen molar-refractivity contribution >= 4 is 18.3 Å². The van der Waals surface area contributed by atoms with E-state index in [0.29, 0.717) is 0 Å². The summed E-state index contributed by atoms with van der Waals surface area (Å²) in [6.45, 7) is 0. The zero-order chi connectivity index (χ0) is 8.20. The van der Waals surface area contributed by atoms with Gasteiger partial charge in [-0.05, 0) is 6.42 Å². The maximum atomic E-state index is 11.4. The van der Waals surface area contributed by atoms with Crippen molar-refractivity contribution in [3.8, 4) is 0 Å². The molecule has 0 spiro atoms. The van der Waals surface area contributed by atoms with E-state index in [9.17, 15) is 18.0 Å². The fraction of sp³-hybridized carbons (Fsp3) is 0.800. The van der Waals surface area contributed by atoms with Crippen LogP contribution in [0.3, 0.4) is 0 Å². The van der Waals surface area contributed by atoms with Crippen molar-refractivity contribution in [1.29, 1.82) is 0 Å². The lowest BCUT2D eigenvalue weighted by Crippen LogP contribution is -2.13. The predicted octanol–water partition coefficient (Wildman–Crippen LogP) is 1.63. The number of halogens is 4. The van der Waals surface area contributed by atoms with Gasteiger partial charge >= 0.3 is 6.18 Å². The largest absolute Gasteiger partial charge is 0.389 e. The second-order valence-corrected chi connectivity index (χ2v) is 1.94. The van der Waals surface area contributed by atoms with Gasteiger partial charge in [0.05, 0.1) is 0 Å². The normalized spacial score (nSPS) is 10.5. The summed E-state index contributed by atoms with van der Waals surface area (Å²) >= 11 is 0. The molecule has 2 nitrogen and oxygen atoms in total. The lowest BCUT2D eigenvalue weighted by molar-refractivity contribution is -0.136. The number of nitrogens with two attached hydrogens (primary N) is 1. The SMILES string of the molecule is Cl.NC(=O)CCCC(F)(F)F. The Bertz CT molecular complexity index is 125. The molecule has 68 valence electrons. The molecular formula is C5H9ClF3NO. The molecule has 0 aromatic rings. The Labute approximate surface area is 68.4 Å². The molecule has 0 aromatic heterocycles. The Kier molecular flexibility index (Phi) is 6.26. The molecule has 0 saturated carbocycles. The van der Waals surface area contributed by atoms with Gasteiger partial charge in [0.25, 0.3) is 0 Å². The van der Waals surface area contributed by atoms with Crippen LogP contribution in [0.1, 0.15) is 19.3 Å². The third kappa shape index (κ3) is 12.7. The van der Waals surface area contributed by atoms with Crippen LogP contribution in [-0.2, 0) is 4.79 Å². The van der Waals surface area contributed by atoms with Gasteiger partial charge in [0.1, 0.15) is 0 Å². The van der Waals surface area contributed by atoms with Crippen LogP contribution in [0.15, 0.2) is 0 Å². The molecule has 0 heterocycles. The van der Waals surface area contributed by atoms with Gasteiger partial charge in [-0.3, -0.25) is 4.79 Å². The van der Waals surface area contributed by atoms with Gasteiger partial charge in [-0.1, -0.05) is 0 Å². The summed E-state index contributed by atoms with van der Waals surface area (Å²) in [5, 5.41) is 0. The molecule has 0 aliphatic heterocycles. The topological polar surface area (TPSA) is 43.1 Å². The number of hydrogen-bond acceptors (Lipinski definition) is 1. The smallest absolute Gasteiger partial charge is 0.370 e. The van der Waals surface area contributed by atoms with E-state index in [2.05, 4.69) is 5.73 Å². The van der Waals surface area contributed by atoms with E-state index in [4.69, 9.17) is 0 Å². The molecule has 0 unspecified atom stereocenters. The van der Waals surface area contributed by atoms with E-state index in [0.717, 1.165) is 0 Å². The molecule has 11 heavy (non-hydrogen) atoms. The molecule has 2 N–H and O–H groups in total. The first-order valence-electron chi connectivity index (χ1n) is 2.77. The van der Waals surface area contributed by atoms with Crippen LogP contribution in [-0.4, -0.2) is 12.1 Å². The van der Waals surface area contributed by atoms with Crippen LogP contribution in [0.25, 0.3) is 0 Å². The summed E-state index contributed by atoms with van der Waals surface area (Å²) in [6.07, 6.45) is -5.51. The Morgan fingerprint density at radius 2 is 1.82 bits per heavy atom. The van der Waals surface area contributed by atoms with Crippen LogP contribution in [0.5, 0.6) is 0 Å². The average molecular weight is 192 g/mol. The molecule has 0 radical (unpaired) electrons. The third-order valence-corrected chi connectivity index (χ3v) is 0.883. The van der Waals surface area contributed by atoms with Crippen molar-refractivity contribution in [1.82, 2.24) is 0 Å². The molecule has 0 fully saturated rings. The van der Waals surface area contributed by atoms with E-state index in [-0.39, 0.29) is 25.2 Å². The zero-order valence-corrected chi connectivity index (χ0v) is 6.47. The third-order valence-electron chi connectivity index (χ3n) is 0.883. The Morgan fingerprint density at radius 3 is 2.09 bits per heavy atom. The highest BCUT2D eigenvalue weighted by molar-refractivity contribution is 5.85. The molecule has 0 saturated heterocycles. The van der Waals surface area contributed by atoms with Gasteiger partial charge in [-0.2, -0.15) is 13.2 Å². The monoisotopic (exact) mass is 191 g/mol. The van der Waals surface area contributed by atoms with Crippen molar-refractivity contribution in [3.63, 3.8) is 0 Å². The fourth-order valence-corrected chi connectivity index (χ4v) is 0.463. The van der Waals surface area contributed by atoms with E-state index < -0.39 is 18.5 Å². The number of amides is 1. The molecule has 0 rings (SSSR count). The van der Waals surface area contributed by atoms with Gasteiger partial charge in [-0.25, -0.2) is 0 Å². The van der Waals surface area contributed by atoms with Crippen LogP contribution >= 0.6 is 12.4 Å². The van der Waals surface area contributed by atoms with Gasteiger partial charge in [0.2, 0.25) is 5.91 Å². The summed E-state index contributed by atoms with van der Waals surface area (Å²) < 4.78 is 34.1. The summed E-state index contributed by atoms with van der Waals surface area (Å²) in [4.78, 5) is 9.94. The van der Waals surface area contributed by atoms with E-state index >= 15 is 0 Å². The number of carbonyl (C=O) groups excluding carboxylic acids is 1. The van der Waals surface area contributed by atoms with Gasteiger partial charge in [-0.15, -0.1) is 12.4 Å². The highest BCUT2D eigenvalue weighted by Gasteiger charge is 2.26. The van der Waals surface area contributed by atoms with Crippen LogP contribution < -0.4 is 5.73 Å². The number of alkyl halides is 3. The van der Waals surface area contributed by atoms with Crippen LogP contribution in [0.2, 0.25) is 0 Å². The van der Waals surface area contributed by atoms with E-state index in [1.54, 1.807) is 0 Å². The first kappa shape index (κ1) is 13.2. The average Bonchev–Trinajstić information content (AvgIpc) is 1.59. The second kappa shape index (κ2) is 5.23. The van der Waals surface area contributed by atoms with E-state index in [1.165, 1.54) is 0 Å². The van der Waals surface area contributed by atoms with Gasteiger partial charge in [0.15, 0.2) is 0 Å². The molecule has 0 aliphatic rings. The van der Waals surface area contributed by atoms with E-state index in [1.807, 2.05) is 0 Å². The molecule has 6 heteroatoms. The molecule has 0 aliphatic carbocycles. The quantitative estimate of drug-likeness (QED) is 0.724. The standard InChI is InChI=1S/C5H8F3NO.ClH/c6-5(7,8)3-1-2-4(9)10;/h1-3H2,(H2,9,10);1H. The summed E-state index contributed by atoms with van der Waals surface area (Å²) in [5.41, 5.74) is 4.62. The Hall–Kier alpha value is -0.450. The summed E-state index contributed by atoms with van der Waals surface area (Å²) in [7, 11) is 0. The van der Waals surface area contributed by atoms with Crippen molar-refractivity contribution in [2.45, 2.75) is 25.4 Å². The van der Waals surface area contributed by atoms with Crippen LogP contribution in [0, 0.1) is 0 Å². The minimum Gasteiger partial charge on any atom is -0.370 e. The molecule has 1 amide bonds. The Morgan fingerprint density at radius 1 is 1.36 bits per heavy atom. The van der Waals surface area contributed by atoms with Crippen molar-refractivity contribution < 1.29 is 18.0 Å². The number of hydrogen-bond donors (Lipinski definition) is 1. The minimum absolute atomic E-state index is 0. The zero-order valence-electron chi connectivity index (χ0n) is 5.65. The summed E-state index contributed by atoms with van der Waals surface area (Å²) in [5.74, 6) is -0.691. The maximum absolute atomic E-state index is 11.4. The second-order valence-electron chi connectivity index (χ2n) is 1.94. The molecule has 0 aromatic carbocycles. The maximum Gasteiger partial charge on any atom is 0.389 e. The van der Waals surface area contributed by atoms with Gasteiger partial charge < -0.3 is 5.73 Å². The molecule has 0 atom stereocenters. The summed E-state index contributed by atoms with van der Waals surface area (Å²) in [6, 6.07) is 0. The number of rotatable bonds is 3. The van der Waals surface area contributed by atoms with Crippen molar-refractivity contribution in [2.24, 2.45) is 5.73 Å². The molecular weight excluding hydrogens is 183 g/mol. The highest BCUT2D eigenvalue weighted by atomic mass is 35.5. The lowest BCUT2D eigenvalue weighted by atomic mass is 10.2. The number of primary amides is 1. The lowest BCUT2D eigenvalue weighted by Gasteiger charge is -2.02. The van der Waals surface area contributed by atoms with Crippen molar-refractivity contribution in [3.05, 3.63) is 0 Å². The highest BCUT2D eigenvalue weighted by Crippen LogP contribution is 2.21. The molecule has 0 bridgehead atoms. The first-order chi connectivity index (χ1) is 4.42. The number of carbonyl (C=O) groups is 1. The van der Waals surface area contributed by atoms with Gasteiger partial charge in [0, 0.05) is 12.8 Å². The predicted molar refractivity (Wildman–Crippen MR) is 36.3 cm³/mol. The van der Waals surface area contributed by atoms with Crippen LogP contribution in [0.4, 0.5) is 13.2 Å². The first-order valence-corrected chi connectivity index (χ1v) is 2.77. The van der Waals surface area contributed by atoms with Crippen molar-refractivity contribution in [2.75, 3.05) is 0 Å². The fourth-order valence-electron chi connectivity index (χ4n) is 0.463.